The van der Waals surface area contributed by atoms with E-state index in [1.807, 2.05) is 0 Å². The average Bonchev–Trinajstić information content (AvgIpc) is 2.33. The topological polar surface area (TPSA) is 92.4 Å². The minimum Gasteiger partial charge on any atom is -0.478 e. The number of carboxylic acid groups (broad SMARTS) is 1. The number of benzene rings is 1. The summed E-state index contributed by atoms with van der Waals surface area (Å²) in [6.45, 7) is 0.426. The molecule has 0 bridgehead atoms. The summed E-state index contributed by atoms with van der Waals surface area (Å²) in [6.07, 6.45) is 3.07. The smallest absolute Gasteiger partial charge is 0.340 e. The first-order valence-electron chi connectivity index (χ1n) is 6.49. The maximum atomic E-state index is 13.5. The van der Waals surface area contributed by atoms with Crippen molar-refractivity contribution in [2.24, 2.45) is 11.1 Å². The van der Waals surface area contributed by atoms with Gasteiger partial charge in [-0.2, -0.15) is 0 Å². The molecule has 0 aliphatic heterocycles. The van der Waals surface area contributed by atoms with Gasteiger partial charge in [0.15, 0.2) is 0 Å². The van der Waals surface area contributed by atoms with E-state index in [2.05, 4.69) is 5.32 Å². The Bertz CT molecular complexity index is 536. The molecular weight excluding hydrogens is 263 g/mol. The molecule has 1 amide bonds. The minimum absolute atomic E-state index is 0.0194. The van der Waals surface area contributed by atoms with Crippen molar-refractivity contribution >= 4 is 17.6 Å². The summed E-state index contributed by atoms with van der Waals surface area (Å²) in [5.41, 5.74) is 4.96. The minimum atomic E-state index is -1.41. The molecule has 0 heterocycles. The third-order valence-corrected chi connectivity index (χ3v) is 3.88. The molecule has 4 N–H and O–H groups in total. The third kappa shape index (κ3) is 2.80. The molecule has 2 rings (SSSR count). The number of halogens is 1. The molecular formula is C14H17FN2O3. The number of rotatable bonds is 5. The highest BCUT2D eigenvalue weighted by atomic mass is 19.1. The molecule has 5 nitrogen and oxygen atoms in total. The Labute approximate surface area is 116 Å². The maximum absolute atomic E-state index is 13.5. The summed E-state index contributed by atoms with van der Waals surface area (Å²) in [7, 11) is 0. The summed E-state index contributed by atoms with van der Waals surface area (Å²) in [5.74, 6) is -2.61. The first-order valence-corrected chi connectivity index (χ1v) is 6.49. The number of aromatic carboxylic acids is 1. The van der Waals surface area contributed by atoms with E-state index in [1.165, 1.54) is 12.1 Å². The summed E-state index contributed by atoms with van der Waals surface area (Å²) in [4.78, 5) is 23.0. The van der Waals surface area contributed by atoms with Crippen LogP contribution in [0.2, 0.25) is 0 Å². The molecule has 1 aliphatic carbocycles. The van der Waals surface area contributed by atoms with Crippen LogP contribution in [0.15, 0.2) is 18.2 Å². The second-order valence-electron chi connectivity index (χ2n) is 5.25. The second-order valence-corrected chi connectivity index (χ2v) is 5.25. The van der Waals surface area contributed by atoms with E-state index in [9.17, 15) is 14.0 Å². The van der Waals surface area contributed by atoms with Crippen molar-refractivity contribution in [3.8, 4) is 0 Å². The largest absolute Gasteiger partial charge is 0.478 e. The van der Waals surface area contributed by atoms with Crippen molar-refractivity contribution in [3.05, 3.63) is 29.6 Å². The lowest BCUT2D eigenvalue weighted by atomic mass is 9.66. The van der Waals surface area contributed by atoms with Gasteiger partial charge in [0.2, 0.25) is 5.91 Å². The lowest BCUT2D eigenvalue weighted by Gasteiger charge is -2.40. The molecule has 108 valence electrons. The average molecular weight is 280 g/mol. The van der Waals surface area contributed by atoms with Crippen LogP contribution in [0.4, 0.5) is 10.1 Å². The Morgan fingerprint density at radius 2 is 2.10 bits per heavy atom. The fraction of sp³-hybridized carbons (Fsp3) is 0.429. The Balaban J connectivity index is 2.12. The molecule has 1 aliphatic rings. The van der Waals surface area contributed by atoms with Gasteiger partial charge in [0.1, 0.15) is 11.4 Å². The highest BCUT2D eigenvalue weighted by molar-refractivity contribution is 6.00. The van der Waals surface area contributed by atoms with Crippen molar-refractivity contribution in [2.45, 2.75) is 25.7 Å². The molecule has 1 aromatic rings. The molecule has 6 heteroatoms. The van der Waals surface area contributed by atoms with Crippen LogP contribution in [-0.2, 0) is 4.79 Å². The normalized spacial score (nSPS) is 16.3. The van der Waals surface area contributed by atoms with Gasteiger partial charge in [-0.25, -0.2) is 9.18 Å². The molecule has 0 radical (unpaired) electrons. The number of nitrogens with two attached hydrogens (primary N) is 1. The highest BCUT2D eigenvalue weighted by Crippen LogP contribution is 2.43. The Morgan fingerprint density at radius 1 is 1.40 bits per heavy atom. The fourth-order valence-corrected chi connectivity index (χ4v) is 2.51. The number of hydrogen-bond acceptors (Lipinski definition) is 3. The van der Waals surface area contributed by atoms with E-state index in [0.717, 1.165) is 25.3 Å². The fourth-order valence-electron chi connectivity index (χ4n) is 2.51. The first kappa shape index (κ1) is 14.5. The van der Waals surface area contributed by atoms with Gasteiger partial charge in [-0.05, 0) is 36.9 Å². The molecule has 20 heavy (non-hydrogen) atoms. The van der Waals surface area contributed by atoms with Crippen LogP contribution in [0.1, 0.15) is 36.0 Å². The third-order valence-electron chi connectivity index (χ3n) is 3.88. The van der Waals surface area contributed by atoms with Gasteiger partial charge in [-0.1, -0.05) is 12.5 Å². The molecule has 0 saturated heterocycles. The summed E-state index contributed by atoms with van der Waals surface area (Å²) >= 11 is 0. The number of carbonyl (C=O) groups excluding carboxylic acids is 1. The summed E-state index contributed by atoms with van der Waals surface area (Å²) < 4.78 is 13.5. The number of nitrogens with one attached hydrogen (secondary N) is 1. The number of carboxylic acids is 1. The van der Waals surface area contributed by atoms with Crippen molar-refractivity contribution in [1.82, 2.24) is 0 Å². The predicted molar refractivity (Wildman–Crippen MR) is 71.9 cm³/mol. The van der Waals surface area contributed by atoms with E-state index in [0.29, 0.717) is 6.54 Å². The van der Waals surface area contributed by atoms with Crippen LogP contribution < -0.4 is 11.1 Å². The maximum Gasteiger partial charge on any atom is 0.340 e. The zero-order valence-electron chi connectivity index (χ0n) is 11.0. The van der Waals surface area contributed by atoms with Crippen LogP contribution in [0.5, 0.6) is 0 Å². The molecule has 1 aromatic carbocycles. The van der Waals surface area contributed by atoms with Gasteiger partial charge >= 0.3 is 5.97 Å². The van der Waals surface area contributed by atoms with Crippen molar-refractivity contribution in [2.75, 3.05) is 11.9 Å². The zero-order valence-corrected chi connectivity index (χ0v) is 11.0. The van der Waals surface area contributed by atoms with E-state index in [4.69, 9.17) is 10.8 Å². The van der Waals surface area contributed by atoms with Gasteiger partial charge in [0.25, 0.3) is 0 Å². The molecule has 1 saturated carbocycles. The molecule has 1 fully saturated rings. The quantitative estimate of drug-likeness (QED) is 0.769. The number of amides is 1. The van der Waals surface area contributed by atoms with E-state index in [1.54, 1.807) is 0 Å². The van der Waals surface area contributed by atoms with Gasteiger partial charge in [0.05, 0.1) is 5.69 Å². The van der Waals surface area contributed by atoms with Gasteiger partial charge < -0.3 is 16.2 Å². The molecule has 0 spiro atoms. The van der Waals surface area contributed by atoms with E-state index >= 15 is 0 Å². The lowest BCUT2D eigenvalue weighted by Crippen LogP contribution is -2.40. The van der Waals surface area contributed by atoms with Crippen LogP contribution in [0.25, 0.3) is 0 Å². The predicted octanol–water partition coefficient (Wildman–Crippen LogP) is 1.98. The number of hydrogen-bond donors (Lipinski definition) is 3. The van der Waals surface area contributed by atoms with Crippen LogP contribution >= 0.6 is 0 Å². The van der Waals surface area contributed by atoms with Crippen LogP contribution in [0, 0.1) is 11.2 Å². The van der Waals surface area contributed by atoms with E-state index in [-0.39, 0.29) is 23.4 Å². The summed E-state index contributed by atoms with van der Waals surface area (Å²) in [5, 5.41) is 11.5. The van der Waals surface area contributed by atoms with Crippen LogP contribution in [0.3, 0.4) is 0 Å². The zero-order chi connectivity index (χ0) is 14.8. The Morgan fingerprint density at radius 3 is 2.60 bits per heavy atom. The van der Waals surface area contributed by atoms with Crippen molar-refractivity contribution in [3.63, 3.8) is 0 Å². The summed E-state index contributed by atoms with van der Waals surface area (Å²) in [6, 6.07) is 3.78. The number of carbonyl (C=O) groups is 2. The Hall–Kier alpha value is -1.95. The van der Waals surface area contributed by atoms with E-state index < -0.39 is 17.3 Å². The lowest BCUT2D eigenvalue weighted by molar-refractivity contribution is -0.119. The Kier molecular flexibility index (Phi) is 4.04. The standard InChI is InChI=1S/C14H17FN2O3/c15-9-3-1-4-10(12(9)13(19)20)17-11(18)7-14(8-16)5-2-6-14/h1,3-4H,2,5-8,16H2,(H,17,18)(H,19,20). The second kappa shape index (κ2) is 5.58. The highest BCUT2D eigenvalue weighted by Gasteiger charge is 2.37. The van der Waals surface area contributed by atoms with Crippen molar-refractivity contribution in [1.29, 1.82) is 0 Å². The monoisotopic (exact) mass is 280 g/mol. The van der Waals surface area contributed by atoms with Gasteiger partial charge in [-0.3, -0.25) is 4.79 Å². The van der Waals surface area contributed by atoms with Crippen molar-refractivity contribution < 1.29 is 19.1 Å². The molecule has 0 atom stereocenters. The molecule has 0 unspecified atom stereocenters. The van der Waals surface area contributed by atoms with Gasteiger partial charge in [-0.15, -0.1) is 0 Å². The SMILES string of the molecule is NCC1(CC(=O)Nc2cccc(F)c2C(=O)O)CCC1. The molecule has 0 aromatic heterocycles. The number of anilines is 1. The van der Waals surface area contributed by atoms with Crippen LogP contribution in [-0.4, -0.2) is 23.5 Å². The van der Waals surface area contributed by atoms with Gasteiger partial charge in [0, 0.05) is 6.42 Å². The first-order chi connectivity index (χ1) is 9.47.